The number of H-pyrrole nitrogens is 2. The van der Waals surface area contributed by atoms with Gasteiger partial charge in [0.15, 0.2) is 11.5 Å². The molecule has 1 aliphatic heterocycles. The van der Waals surface area contributed by atoms with Gasteiger partial charge < -0.3 is 39.3 Å². The molecule has 4 N–H and O–H groups in total. The van der Waals surface area contributed by atoms with Crippen LogP contribution in [0.4, 0.5) is 0 Å². The van der Waals surface area contributed by atoms with E-state index in [4.69, 9.17) is 24.1 Å². The van der Waals surface area contributed by atoms with Gasteiger partial charge in [0.2, 0.25) is 6.79 Å². The zero-order chi connectivity index (χ0) is 47.9. The summed E-state index contributed by atoms with van der Waals surface area (Å²) in [5.41, 5.74) is 2.85. The Hall–Kier alpha value is -8.99. The number of methoxy groups -OCH3 is 1. The average Bonchev–Trinajstić information content (AvgIpc) is 3.82. The lowest BCUT2D eigenvalue weighted by molar-refractivity contribution is -0.136. The fraction of sp³-hybridized carbons (Fsp3) is 0.157. The number of esters is 1. The normalized spacial score (nSPS) is 11.9. The molecule has 344 valence electrons. The largest absolute Gasteiger partial charge is 0.497 e. The first-order valence-corrected chi connectivity index (χ1v) is 21.2. The zero-order valence-electron chi connectivity index (χ0n) is 36.6. The quantitative estimate of drug-likeness (QED) is 0.102. The fourth-order valence-electron chi connectivity index (χ4n) is 7.54. The SMILES string of the molecule is COc1ccc(CNC(=O)c2ccc3[nH]c(=O)n(C(C)c4ccc(CC(=O)O)cc4)c(=O)c3c2)cc1.O=C(OCc1ccc2c(c1)OCO2)c1ccc2[nH]c(=O)n(Cc3ccccc3)c(=O)c2c1. The molecule has 6 aromatic carbocycles. The van der Waals surface area contributed by atoms with E-state index in [1.807, 2.05) is 42.5 Å². The highest BCUT2D eigenvalue weighted by molar-refractivity contribution is 5.98. The molecule has 17 nitrogen and oxygen atoms in total. The number of carbonyl (C=O) groups excluding carboxylic acids is 2. The van der Waals surface area contributed by atoms with E-state index in [9.17, 15) is 33.6 Å². The molecule has 0 spiro atoms. The molecule has 1 aliphatic rings. The zero-order valence-corrected chi connectivity index (χ0v) is 36.6. The third-order valence-electron chi connectivity index (χ3n) is 11.2. The number of carbonyl (C=O) groups is 3. The predicted molar refractivity (Wildman–Crippen MR) is 251 cm³/mol. The molecule has 9 rings (SSSR count). The molecule has 0 saturated heterocycles. The van der Waals surface area contributed by atoms with Crippen LogP contribution in [0, 0.1) is 0 Å². The lowest BCUT2D eigenvalue weighted by atomic mass is 10.0. The van der Waals surface area contributed by atoms with E-state index in [-0.39, 0.29) is 54.2 Å². The number of aromatic amines is 2. The molecule has 0 bridgehead atoms. The number of rotatable bonds is 13. The molecule has 17 heteroatoms. The third kappa shape index (κ3) is 10.3. The summed E-state index contributed by atoms with van der Waals surface area (Å²) in [6, 6.07) is 36.9. The number of aliphatic carboxylic acids is 1. The van der Waals surface area contributed by atoms with Gasteiger partial charge in [-0.05, 0) is 95.4 Å². The summed E-state index contributed by atoms with van der Waals surface area (Å²) in [7, 11) is 1.58. The lowest BCUT2D eigenvalue weighted by Gasteiger charge is -2.16. The van der Waals surface area contributed by atoms with Gasteiger partial charge in [0.25, 0.3) is 17.0 Å². The predicted octanol–water partition coefficient (Wildman–Crippen LogP) is 5.69. The van der Waals surface area contributed by atoms with Crippen molar-refractivity contribution in [2.45, 2.75) is 39.1 Å². The standard InChI is InChI=1S/C27H25N3O6.C24H18N2O6/c1-16(19-7-3-17(4-8-19)13-24(31)32)30-26(34)22-14-20(9-12-23(22)29-27(30)35)25(33)28-15-18-5-10-21(36-2)11-6-18;27-22-18-11-17(23(28)30-13-16-6-9-20-21(10-16)32-14-31-20)7-8-19(18)25-24(29)26(22)12-15-4-2-1-3-5-15/h3-12,14,16H,13,15H2,1-2H3,(H,28,33)(H,29,35)(H,31,32);1-11H,12-14H2,(H,25,29). The Morgan fingerprint density at radius 2 is 1.32 bits per heavy atom. The first-order valence-electron chi connectivity index (χ1n) is 21.2. The van der Waals surface area contributed by atoms with E-state index >= 15 is 0 Å². The summed E-state index contributed by atoms with van der Waals surface area (Å²) >= 11 is 0. The van der Waals surface area contributed by atoms with E-state index in [1.54, 1.807) is 74.7 Å². The number of nitrogens with one attached hydrogen (secondary N) is 3. The molecule has 1 atom stereocenters. The van der Waals surface area contributed by atoms with Gasteiger partial charge in [0.1, 0.15) is 12.4 Å². The van der Waals surface area contributed by atoms with Crippen LogP contribution >= 0.6 is 0 Å². The molecule has 1 unspecified atom stereocenters. The first-order chi connectivity index (χ1) is 32.8. The average molecular weight is 918 g/mol. The summed E-state index contributed by atoms with van der Waals surface area (Å²) < 4.78 is 23.3. The van der Waals surface area contributed by atoms with Crippen molar-refractivity contribution >= 4 is 39.7 Å². The lowest BCUT2D eigenvalue weighted by Crippen LogP contribution is -2.37. The summed E-state index contributed by atoms with van der Waals surface area (Å²) in [5, 5.41) is 12.2. The van der Waals surface area contributed by atoms with Gasteiger partial charge in [-0.3, -0.25) is 28.3 Å². The minimum atomic E-state index is -0.943. The second-order valence-corrected chi connectivity index (χ2v) is 15.7. The number of fused-ring (bicyclic) bond motifs is 3. The van der Waals surface area contributed by atoms with Gasteiger partial charge in [0, 0.05) is 12.1 Å². The number of nitrogens with zero attached hydrogens (tertiary/aromatic N) is 2. The second-order valence-electron chi connectivity index (χ2n) is 15.7. The molecule has 0 fully saturated rings. The second kappa shape index (κ2) is 20.0. The summed E-state index contributed by atoms with van der Waals surface area (Å²) in [5.74, 6) is 0.0939. The van der Waals surface area contributed by atoms with Crippen LogP contribution in [-0.2, 0) is 35.6 Å². The number of carboxylic acids is 1. The smallest absolute Gasteiger partial charge is 0.338 e. The van der Waals surface area contributed by atoms with Crippen LogP contribution in [0.1, 0.15) is 61.5 Å². The van der Waals surface area contributed by atoms with Crippen LogP contribution in [-0.4, -0.2) is 56.0 Å². The molecule has 1 amide bonds. The maximum atomic E-state index is 13.3. The van der Waals surface area contributed by atoms with Crippen LogP contribution in [0.5, 0.6) is 17.2 Å². The topological polar surface area (TPSA) is 230 Å². The molecule has 0 saturated carbocycles. The summed E-state index contributed by atoms with van der Waals surface area (Å²) in [4.78, 5) is 93.1. The number of carboxylic acid groups (broad SMARTS) is 1. The van der Waals surface area contributed by atoms with Gasteiger partial charge in [-0.1, -0.05) is 72.8 Å². The van der Waals surface area contributed by atoms with Crippen LogP contribution in [0.15, 0.2) is 153 Å². The van der Waals surface area contributed by atoms with Gasteiger partial charge >= 0.3 is 23.3 Å². The Morgan fingerprint density at radius 1 is 0.691 bits per heavy atom. The van der Waals surface area contributed by atoms with Crippen molar-refractivity contribution in [2.24, 2.45) is 0 Å². The van der Waals surface area contributed by atoms with Crippen molar-refractivity contribution in [3.63, 3.8) is 0 Å². The van der Waals surface area contributed by atoms with E-state index in [0.717, 1.165) is 31.6 Å². The first kappa shape index (κ1) is 45.6. The monoisotopic (exact) mass is 917 g/mol. The van der Waals surface area contributed by atoms with Crippen LogP contribution in [0.25, 0.3) is 21.8 Å². The molecule has 0 radical (unpaired) electrons. The van der Waals surface area contributed by atoms with Crippen LogP contribution in [0.3, 0.4) is 0 Å². The van der Waals surface area contributed by atoms with Gasteiger partial charge in [-0.25, -0.2) is 14.4 Å². The Morgan fingerprint density at radius 3 is 2.03 bits per heavy atom. The van der Waals surface area contributed by atoms with Crippen molar-refractivity contribution < 1.29 is 38.4 Å². The number of benzene rings is 6. The highest BCUT2D eigenvalue weighted by atomic mass is 16.7. The highest BCUT2D eigenvalue weighted by Crippen LogP contribution is 2.32. The van der Waals surface area contributed by atoms with Crippen molar-refractivity contribution in [3.05, 3.63) is 214 Å². The molecule has 8 aromatic rings. The Balaban J connectivity index is 0.000000185. The van der Waals surface area contributed by atoms with Gasteiger partial charge in [0.05, 0.1) is 53.5 Å². The molecular formula is C51H43N5O12. The van der Waals surface area contributed by atoms with E-state index in [2.05, 4.69) is 15.3 Å². The van der Waals surface area contributed by atoms with Crippen molar-refractivity contribution in [3.8, 4) is 17.2 Å². The Bertz CT molecular complexity index is 3430. The number of amides is 1. The van der Waals surface area contributed by atoms with Crippen molar-refractivity contribution in [1.29, 1.82) is 0 Å². The summed E-state index contributed by atoms with van der Waals surface area (Å²) in [6.45, 7) is 2.34. The number of aromatic nitrogens is 4. The van der Waals surface area contributed by atoms with E-state index in [0.29, 0.717) is 40.2 Å². The Kier molecular flexibility index (Phi) is 13.4. The summed E-state index contributed by atoms with van der Waals surface area (Å²) in [6.07, 6.45) is -0.117. The number of hydrogen-bond acceptors (Lipinski definition) is 11. The maximum Gasteiger partial charge on any atom is 0.338 e. The number of hydrogen-bond donors (Lipinski definition) is 4. The van der Waals surface area contributed by atoms with Crippen LogP contribution < -0.4 is 42.0 Å². The third-order valence-corrected chi connectivity index (χ3v) is 11.2. The van der Waals surface area contributed by atoms with Crippen molar-refractivity contribution in [2.75, 3.05) is 13.9 Å². The van der Waals surface area contributed by atoms with Crippen LogP contribution in [0.2, 0.25) is 0 Å². The number of ether oxygens (including phenoxy) is 4. The maximum absolute atomic E-state index is 13.3. The molecule has 68 heavy (non-hydrogen) atoms. The minimum absolute atomic E-state index is 0.0391. The van der Waals surface area contributed by atoms with Crippen molar-refractivity contribution in [1.82, 2.24) is 24.4 Å². The highest BCUT2D eigenvalue weighted by Gasteiger charge is 2.19. The Labute approximate surface area is 385 Å². The van der Waals surface area contributed by atoms with E-state index < -0.39 is 40.5 Å². The molecule has 0 aliphatic carbocycles. The minimum Gasteiger partial charge on any atom is -0.497 e. The molecule has 2 aromatic heterocycles. The van der Waals surface area contributed by atoms with Gasteiger partial charge in [-0.15, -0.1) is 0 Å². The molecular weight excluding hydrogens is 875 g/mol. The fourth-order valence-corrected chi connectivity index (χ4v) is 7.54. The molecule has 3 heterocycles. The van der Waals surface area contributed by atoms with Gasteiger partial charge in [-0.2, -0.15) is 0 Å². The van der Waals surface area contributed by atoms with E-state index in [1.165, 1.54) is 30.3 Å².